The first-order valence-electron chi connectivity index (χ1n) is 10.5. The molecule has 1 aliphatic carbocycles. The van der Waals surface area contributed by atoms with Crippen molar-refractivity contribution >= 4 is 11.0 Å². The molecule has 1 fully saturated rings. The Morgan fingerprint density at radius 3 is 2.93 bits per heavy atom. The number of hydrogen-bond acceptors (Lipinski definition) is 6. The summed E-state index contributed by atoms with van der Waals surface area (Å²) in [4.78, 5) is 4.49. The zero-order valence-electron chi connectivity index (χ0n) is 17.2. The van der Waals surface area contributed by atoms with Crippen molar-refractivity contribution in [3.63, 3.8) is 0 Å². The van der Waals surface area contributed by atoms with E-state index in [0.717, 1.165) is 34.5 Å². The van der Waals surface area contributed by atoms with Gasteiger partial charge in [-0.15, -0.1) is 0 Å². The molecule has 0 amide bonds. The average Bonchev–Trinajstić information content (AvgIpc) is 3.20. The van der Waals surface area contributed by atoms with Crippen molar-refractivity contribution in [3.8, 4) is 11.5 Å². The van der Waals surface area contributed by atoms with Crippen LogP contribution in [-0.2, 0) is 6.54 Å². The lowest BCUT2D eigenvalue weighted by Gasteiger charge is -2.21. The molecule has 1 aromatic carbocycles. The number of nitrogens with one attached hydrogen (secondary N) is 1. The third-order valence-electron chi connectivity index (χ3n) is 6.22. The van der Waals surface area contributed by atoms with Crippen molar-refractivity contribution < 1.29 is 19.7 Å². The molecule has 30 heavy (non-hydrogen) atoms. The predicted octanol–water partition coefficient (Wildman–Crippen LogP) is 2.33. The number of fused-ring (bicyclic) bond motifs is 2. The lowest BCUT2D eigenvalue weighted by Crippen LogP contribution is -2.34. The molecular weight excluding hydrogens is 382 g/mol. The van der Waals surface area contributed by atoms with E-state index in [1.54, 1.807) is 6.20 Å². The molecule has 0 radical (unpaired) electrons. The number of aliphatic hydroxyl groups excluding tert-OH is 2. The minimum absolute atomic E-state index is 0.0720. The molecule has 7 nitrogen and oxygen atoms in total. The molecule has 158 valence electrons. The highest BCUT2D eigenvalue weighted by atomic mass is 16.5. The second kappa shape index (κ2) is 7.58. The van der Waals surface area contributed by atoms with Gasteiger partial charge < -0.3 is 29.6 Å². The molecule has 1 aliphatic heterocycles. The number of ether oxygens (including phenoxy) is 2. The van der Waals surface area contributed by atoms with Crippen LogP contribution in [0.5, 0.6) is 11.5 Å². The van der Waals surface area contributed by atoms with Crippen LogP contribution in [0, 0.1) is 6.92 Å². The van der Waals surface area contributed by atoms with Gasteiger partial charge in [0.25, 0.3) is 0 Å². The van der Waals surface area contributed by atoms with Crippen LogP contribution in [0.3, 0.4) is 0 Å². The molecule has 0 saturated heterocycles. The van der Waals surface area contributed by atoms with Crippen molar-refractivity contribution in [2.24, 2.45) is 0 Å². The molecule has 3 N–H and O–H groups in total. The molecule has 1 saturated carbocycles. The van der Waals surface area contributed by atoms with Gasteiger partial charge in [-0.2, -0.15) is 0 Å². The van der Waals surface area contributed by atoms with E-state index < -0.39 is 18.3 Å². The Bertz CT molecular complexity index is 1070. The molecule has 3 heterocycles. The lowest BCUT2D eigenvalue weighted by atomic mass is 10.1. The second-order valence-corrected chi connectivity index (χ2v) is 8.32. The SMILES string of the molecule is Cc1ccnc2c1ccn2[C@@H]1C[C@H](Oc2cccc3c2CNC[C@H](C)O3)[C@@H](O)[C@H]1O. The number of hydrogen-bond donors (Lipinski definition) is 3. The third kappa shape index (κ3) is 3.23. The van der Waals surface area contributed by atoms with Crippen LogP contribution in [0.25, 0.3) is 11.0 Å². The average molecular weight is 409 g/mol. The molecule has 2 aliphatic rings. The first kappa shape index (κ1) is 19.4. The standard InChI is InChI=1S/C23H27N3O4/c1-13-6-8-25-23-15(13)7-9-26(23)17-10-20(22(28)21(17)27)30-19-5-3-4-18-16(19)12-24-11-14(2)29-18/h3-9,14,17,20-22,24,27-28H,10-12H2,1-2H3/t14-,17+,20-,21-,22+/m0/s1. The van der Waals surface area contributed by atoms with Crippen molar-refractivity contribution in [1.29, 1.82) is 0 Å². The Labute approximate surface area is 175 Å². The van der Waals surface area contributed by atoms with Crippen LogP contribution in [0.2, 0.25) is 0 Å². The minimum atomic E-state index is -0.994. The summed E-state index contributed by atoms with van der Waals surface area (Å²) < 4.78 is 14.2. The maximum absolute atomic E-state index is 10.8. The third-order valence-corrected chi connectivity index (χ3v) is 6.22. The largest absolute Gasteiger partial charge is 0.489 e. The summed E-state index contributed by atoms with van der Waals surface area (Å²) in [5, 5.41) is 26.0. The zero-order chi connectivity index (χ0) is 20.8. The van der Waals surface area contributed by atoms with Crippen LogP contribution in [0.4, 0.5) is 0 Å². The molecule has 0 spiro atoms. The normalized spacial score (nSPS) is 28.7. The van der Waals surface area contributed by atoms with Crippen LogP contribution < -0.4 is 14.8 Å². The number of aliphatic hydroxyl groups is 2. The van der Waals surface area contributed by atoms with E-state index in [2.05, 4.69) is 10.3 Å². The van der Waals surface area contributed by atoms with Gasteiger partial charge in [0.15, 0.2) is 0 Å². The highest BCUT2D eigenvalue weighted by molar-refractivity contribution is 5.79. The topological polar surface area (TPSA) is 88.8 Å². The van der Waals surface area contributed by atoms with Gasteiger partial charge in [0.05, 0.1) is 6.04 Å². The fraction of sp³-hybridized carbons (Fsp3) is 0.435. The summed E-state index contributed by atoms with van der Waals surface area (Å²) in [6, 6.07) is 9.39. The van der Waals surface area contributed by atoms with Gasteiger partial charge in [0, 0.05) is 42.9 Å². The van der Waals surface area contributed by atoms with Gasteiger partial charge >= 0.3 is 0 Å². The van der Waals surface area contributed by atoms with Gasteiger partial charge in [0.1, 0.15) is 41.6 Å². The van der Waals surface area contributed by atoms with E-state index in [9.17, 15) is 10.2 Å². The highest BCUT2D eigenvalue weighted by Crippen LogP contribution is 2.38. The molecule has 0 bridgehead atoms. The Kier molecular flexibility index (Phi) is 4.89. The molecule has 5 rings (SSSR count). The number of nitrogens with zero attached hydrogens (tertiary/aromatic N) is 2. The first-order valence-corrected chi connectivity index (χ1v) is 10.5. The zero-order valence-corrected chi connectivity index (χ0v) is 17.2. The van der Waals surface area contributed by atoms with Gasteiger partial charge in [-0.1, -0.05) is 6.07 Å². The smallest absolute Gasteiger partial charge is 0.140 e. The summed E-state index contributed by atoms with van der Waals surface area (Å²) in [5.41, 5.74) is 2.89. The van der Waals surface area contributed by atoms with Gasteiger partial charge in [-0.05, 0) is 43.7 Å². The van der Waals surface area contributed by atoms with Crippen molar-refractivity contribution in [3.05, 3.63) is 53.9 Å². The van der Waals surface area contributed by atoms with E-state index in [4.69, 9.17) is 9.47 Å². The van der Waals surface area contributed by atoms with Crippen molar-refractivity contribution in [1.82, 2.24) is 14.9 Å². The minimum Gasteiger partial charge on any atom is -0.489 e. The maximum Gasteiger partial charge on any atom is 0.140 e. The van der Waals surface area contributed by atoms with Crippen LogP contribution in [0.1, 0.15) is 30.5 Å². The molecule has 5 atom stereocenters. The Balaban J connectivity index is 1.42. The number of aromatic nitrogens is 2. The van der Waals surface area contributed by atoms with Crippen LogP contribution in [-0.4, -0.2) is 50.7 Å². The fourth-order valence-corrected chi connectivity index (χ4v) is 4.58. The van der Waals surface area contributed by atoms with E-state index in [-0.39, 0.29) is 12.1 Å². The van der Waals surface area contributed by atoms with Crippen LogP contribution in [0.15, 0.2) is 42.7 Å². The summed E-state index contributed by atoms with van der Waals surface area (Å²) in [5.74, 6) is 1.47. The number of pyridine rings is 1. The number of benzene rings is 1. The highest BCUT2D eigenvalue weighted by Gasteiger charge is 2.44. The maximum atomic E-state index is 10.8. The van der Waals surface area contributed by atoms with E-state index in [1.165, 1.54) is 0 Å². The number of aryl methyl sites for hydroxylation is 1. The first-order chi connectivity index (χ1) is 14.5. The number of rotatable bonds is 3. The lowest BCUT2D eigenvalue weighted by molar-refractivity contribution is -0.0166. The predicted molar refractivity (Wildman–Crippen MR) is 113 cm³/mol. The second-order valence-electron chi connectivity index (χ2n) is 8.32. The van der Waals surface area contributed by atoms with E-state index >= 15 is 0 Å². The molecule has 0 unspecified atom stereocenters. The van der Waals surface area contributed by atoms with Gasteiger partial charge in [0.2, 0.25) is 0 Å². The Morgan fingerprint density at radius 2 is 2.07 bits per heavy atom. The van der Waals surface area contributed by atoms with E-state index in [0.29, 0.717) is 18.7 Å². The molecule has 7 heteroatoms. The molecule has 3 aromatic rings. The summed E-state index contributed by atoms with van der Waals surface area (Å²) in [7, 11) is 0. The van der Waals surface area contributed by atoms with Gasteiger partial charge in [-0.25, -0.2) is 4.98 Å². The van der Waals surface area contributed by atoms with Crippen molar-refractivity contribution in [2.75, 3.05) is 6.54 Å². The van der Waals surface area contributed by atoms with Gasteiger partial charge in [-0.3, -0.25) is 0 Å². The monoisotopic (exact) mass is 409 g/mol. The Hall–Kier alpha value is -2.61. The molecule has 2 aromatic heterocycles. The van der Waals surface area contributed by atoms with Crippen molar-refractivity contribution in [2.45, 2.75) is 57.3 Å². The summed E-state index contributed by atoms with van der Waals surface area (Å²) in [6.45, 7) is 5.46. The molecular formula is C23H27N3O4. The summed E-state index contributed by atoms with van der Waals surface area (Å²) in [6.07, 6.45) is 1.79. The summed E-state index contributed by atoms with van der Waals surface area (Å²) >= 11 is 0. The van der Waals surface area contributed by atoms with E-state index in [1.807, 2.05) is 54.9 Å². The fourth-order valence-electron chi connectivity index (χ4n) is 4.58. The van der Waals surface area contributed by atoms with Crippen LogP contribution >= 0.6 is 0 Å². The Morgan fingerprint density at radius 1 is 1.20 bits per heavy atom. The quantitative estimate of drug-likeness (QED) is 0.615.